The van der Waals surface area contributed by atoms with Gasteiger partial charge in [-0.05, 0) is 38.2 Å². The van der Waals surface area contributed by atoms with E-state index in [1.54, 1.807) is 12.4 Å². The number of benzene rings is 1. The highest BCUT2D eigenvalue weighted by atomic mass is 35.5. The molecule has 1 aliphatic heterocycles. The fourth-order valence-electron chi connectivity index (χ4n) is 3.49. The molecule has 1 aliphatic rings. The Morgan fingerprint density at radius 3 is 2.55 bits per heavy atom. The van der Waals surface area contributed by atoms with Gasteiger partial charge in [-0.1, -0.05) is 29.3 Å². The third-order valence-electron chi connectivity index (χ3n) is 5.21. The lowest BCUT2D eigenvalue weighted by atomic mass is 10.1. The number of rotatable bonds is 6. The molecule has 0 aliphatic carbocycles. The van der Waals surface area contributed by atoms with Crippen molar-refractivity contribution in [3.8, 4) is 11.1 Å². The quantitative estimate of drug-likeness (QED) is 0.595. The van der Waals surface area contributed by atoms with Crippen molar-refractivity contribution < 1.29 is 0 Å². The van der Waals surface area contributed by atoms with Gasteiger partial charge in [0.15, 0.2) is 5.65 Å². The number of likely N-dealkylation sites (N-methyl/N-ethyl adjacent to an activating group) is 1. The first kappa shape index (κ1) is 20.3. The van der Waals surface area contributed by atoms with Crippen LogP contribution in [0.5, 0.6) is 0 Å². The molecule has 0 bridgehead atoms. The number of piperazine rings is 1. The van der Waals surface area contributed by atoms with E-state index in [-0.39, 0.29) is 0 Å². The van der Waals surface area contributed by atoms with Crippen LogP contribution in [0.1, 0.15) is 6.42 Å². The number of hydrogen-bond acceptors (Lipinski definition) is 6. The normalized spacial score (nSPS) is 15.7. The number of aromatic nitrogens is 3. The number of pyridine rings is 1. The van der Waals surface area contributed by atoms with Gasteiger partial charge in [0, 0.05) is 71.7 Å². The Balaban J connectivity index is 1.38. The zero-order valence-electron chi connectivity index (χ0n) is 16.4. The van der Waals surface area contributed by atoms with E-state index in [2.05, 4.69) is 37.1 Å². The van der Waals surface area contributed by atoms with E-state index < -0.39 is 0 Å². The highest BCUT2D eigenvalue weighted by Crippen LogP contribution is 2.35. The largest absolute Gasteiger partial charge is 0.354 e. The van der Waals surface area contributed by atoms with Crippen LogP contribution in [0.4, 0.5) is 5.95 Å². The Morgan fingerprint density at radius 1 is 1.03 bits per heavy atom. The van der Waals surface area contributed by atoms with Gasteiger partial charge in [-0.25, -0.2) is 9.97 Å². The van der Waals surface area contributed by atoms with E-state index >= 15 is 0 Å². The minimum Gasteiger partial charge on any atom is -0.354 e. The fraction of sp³-hybridized carbons (Fsp3) is 0.381. The average Bonchev–Trinajstić information content (AvgIpc) is 2.72. The third kappa shape index (κ3) is 4.95. The minimum atomic E-state index is 0.596. The Hall–Kier alpha value is -1.99. The molecule has 0 atom stereocenters. The van der Waals surface area contributed by atoms with Gasteiger partial charge < -0.3 is 15.1 Å². The van der Waals surface area contributed by atoms with Crippen molar-refractivity contribution in [3.63, 3.8) is 0 Å². The molecule has 0 radical (unpaired) electrons. The SMILES string of the molecule is CN1CCN(CCCNc2ncc3cc(-c4c(Cl)cccc4Cl)cnc3n2)CC1. The first-order valence-electron chi connectivity index (χ1n) is 9.82. The molecule has 0 spiro atoms. The van der Waals surface area contributed by atoms with Crippen LogP contribution in [0.2, 0.25) is 10.0 Å². The Kier molecular flexibility index (Phi) is 6.45. The second-order valence-corrected chi connectivity index (χ2v) is 8.17. The second-order valence-electron chi connectivity index (χ2n) is 7.35. The maximum atomic E-state index is 6.32. The van der Waals surface area contributed by atoms with Crippen LogP contribution in [0.15, 0.2) is 36.7 Å². The molecule has 0 unspecified atom stereocenters. The predicted octanol–water partition coefficient (Wildman–Crippen LogP) is 4.05. The predicted molar refractivity (Wildman–Crippen MR) is 120 cm³/mol. The molecule has 6 nitrogen and oxygen atoms in total. The van der Waals surface area contributed by atoms with Gasteiger partial charge in [0.2, 0.25) is 5.95 Å². The lowest BCUT2D eigenvalue weighted by molar-refractivity contribution is 0.154. The Bertz CT molecular complexity index is 968. The molecule has 0 amide bonds. The van der Waals surface area contributed by atoms with E-state index in [4.69, 9.17) is 23.2 Å². The van der Waals surface area contributed by atoms with Crippen molar-refractivity contribution >= 4 is 40.2 Å². The molecule has 1 saturated heterocycles. The van der Waals surface area contributed by atoms with Crippen LogP contribution < -0.4 is 5.32 Å². The van der Waals surface area contributed by atoms with Crippen molar-refractivity contribution in [2.75, 3.05) is 51.6 Å². The lowest BCUT2D eigenvalue weighted by Gasteiger charge is -2.32. The summed E-state index contributed by atoms with van der Waals surface area (Å²) in [5.74, 6) is 0.604. The van der Waals surface area contributed by atoms with Gasteiger partial charge in [0.1, 0.15) is 0 Å². The number of fused-ring (bicyclic) bond motifs is 1. The second kappa shape index (κ2) is 9.22. The molecular formula is C21H24Cl2N6. The van der Waals surface area contributed by atoms with E-state index in [0.29, 0.717) is 21.6 Å². The lowest BCUT2D eigenvalue weighted by Crippen LogP contribution is -2.44. The van der Waals surface area contributed by atoms with Crippen LogP contribution >= 0.6 is 23.2 Å². The standard InChI is InChI=1S/C21H24Cl2N6/c1-28-8-10-29(11-9-28)7-3-6-24-21-26-14-16-12-15(13-25-20(16)27-21)19-17(22)4-2-5-18(19)23/h2,4-5,12-14H,3,6-11H2,1H3,(H,24,25,26,27). The first-order valence-corrected chi connectivity index (χ1v) is 10.6. The summed E-state index contributed by atoms with van der Waals surface area (Å²) < 4.78 is 0. The highest BCUT2D eigenvalue weighted by Gasteiger charge is 2.13. The number of anilines is 1. The summed E-state index contributed by atoms with van der Waals surface area (Å²) in [5, 5.41) is 5.35. The maximum Gasteiger partial charge on any atom is 0.224 e. The van der Waals surface area contributed by atoms with Crippen molar-refractivity contribution in [3.05, 3.63) is 46.7 Å². The van der Waals surface area contributed by atoms with Crippen molar-refractivity contribution in [1.29, 1.82) is 0 Å². The van der Waals surface area contributed by atoms with Crippen molar-refractivity contribution in [2.45, 2.75) is 6.42 Å². The maximum absolute atomic E-state index is 6.32. The molecule has 0 saturated carbocycles. The monoisotopic (exact) mass is 430 g/mol. The van der Waals surface area contributed by atoms with E-state index in [1.165, 1.54) is 0 Å². The first-order chi connectivity index (χ1) is 14.1. The van der Waals surface area contributed by atoms with Gasteiger partial charge in [-0.15, -0.1) is 0 Å². The summed E-state index contributed by atoms with van der Waals surface area (Å²) in [5.41, 5.74) is 2.27. The average molecular weight is 431 g/mol. The third-order valence-corrected chi connectivity index (χ3v) is 5.84. The molecule has 29 heavy (non-hydrogen) atoms. The molecule has 3 heterocycles. The summed E-state index contributed by atoms with van der Waals surface area (Å²) in [6.07, 6.45) is 4.59. The zero-order chi connectivity index (χ0) is 20.2. The summed E-state index contributed by atoms with van der Waals surface area (Å²) >= 11 is 12.6. The molecule has 3 aromatic rings. The van der Waals surface area contributed by atoms with Gasteiger partial charge in [0.25, 0.3) is 0 Å². The molecule has 1 fully saturated rings. The van der Waals surface area contributed by atoms with Gasteiger partial charge in [-0.2, -0.15) is 4.98 Å². The summed E-state index contributed by atoms with van der Waals surface area (Å²) in [6.45, 7) is 6.51. The fourth-order valence-corrected chi connectivity index (χ4v) is 4.11. The summed E-state index contributed by atoms with van der Waals surface area (Å²) in [4.78, 5) is 18.3. The topological polar surface area (TPSA) is 57.2 Å². The molecule has 4 rings (SSSR count). The van der Waals surface area contributed by atoms with Gasteiger partial charge in [-0.3, -0.25) is 0 Å². The molecular weight excluding hydrogens is 407 g/mol. The molecule has 8 heteroatoms. The van der Waals surface area contributed by atoms with Crippen LogP contribution in [0.3, 0.4) is 0 Å². The summed E-state index contributed by atoms with van der Waals surface area (Å²) in [6, 6.07) is 7.43. The highest BCUT2D eigenvalue weighted by molar-refractivity contribution is 6.39. The molecule has 1 aromatic carbocycles. The van der Waals surface area contributed by atoms with Crippen LogP contribution in [-0.4, -0.2) is 71.1 Å². The minimum absolute atomic E-state index is 0.596. The van der Waals surface area contributed by atoms with E-state index in [9.17, 15) is 0 Å². The number of halogens is 2. The molecule has 1 N–H and O–H groups in total. The van der Waals surface area contributed by atoms with Crippen molar-refractivity contribution in [1.82, 2.24) is 24.8 Å². The number of nitrogens with zero attached hydrogens (tertiary/aromatic N) is 5. The Labute approximate surface area is 180 Å². The summed E-state index contributed by atoms with van der Waals surface area (Å²) in [7, 11) is 2.18. The number of hydrogen-bond donors (Lipinski definition) is 1. The van der Waals surface area contributed by atoms with Gasteiger partial charge >= 0.3 is 0 Å². The van der Waals surface area contributed by atoms with Crippen LogP contribution in [0.25, 0.3) is 22.2 Å². The van der Waals surface area contributed by atoms with E-state index in [0.717, 1.165) is 62.2 Å². The molecule has 2 aromatic heterocycles. The smallest absolute Gasteiger partial charge is 0.224 e. The van der Waals surface area contributed by atoms with Crippen LogP contribution in [-0.2, 0) is 0 Å². The Morgan fingerprint density at radius 2 is 1.79 bits per heavy atom. The zero-order valence-corrected chi connectivity index (χ0v) is 17.9. The molecule has 152 valence electrons. The van der Waals surface area contributed by atoms with E-state index in [1.807, 2.05) is 24.3 Å². The van der Waals surface area contributed by atoms with Crippen LogP contribution in [0, 0.1) is 0 Å². The van der Waals surface area contributed by atoms with Gasteiger partial charge in [0.05, 0.1) is 0 Å². The number of nitrogens with one attached hydrogen (secondary N) is 1. The van der Waals surface area contributed by atoms with Crippen molar-refractivity contribution in [2.24, 2.45) is 0 Å².